The number of hydrogen-bond acceptors (Lipinski definition) is 0. The highest BCUT2D eigenvalue weighted by Gasteiger charge is 2.17. The molecule has 0 saturated heterocycles. The summed E-state index contributed by atoms with van der Waals surface area (Å²) in [6.07, 6.45) is 14.4. The summed E-state index contributed by atoms with van der Waals surface area (Å²) in [7, 11) is -1.00. The summed E-state index contributed by atoms with van der Waals surface area (Å²) in [5.74, 6) is 0. The molecule has 0 heterocycles. The van der Waals surface area contributed by atoms with Crippen LogP contribution in [0.3, 0.4) is 0 Å². The van der Waals surface area contributed by atoms with Gasteiger partial charge in [-0.2, -0.15) is 0 Å². The van der Waals surface area contributed by atoms with Crippen LogP contribution in [0.2, 0.25) is 19.1 Å². The molecular weight excluding hydrogens is 244 g/mol. The highest BCUT2D eigenvalue weighted by Crippen LogP contribution is 2.17. The molecule has 0 amide bonds. The average molecular weight is 277 g/mol. The lowest BCUT2D eigenvalue weighted by atomic mass is 10.1. The van der Waals surface area contributed by atoms with E-state index in [0.717, 1.165) is 5.50 Å². The van der Waals surface area contributed by atoms with Gasteiger partial charge in [-0.25, -0.2) is 0 Å². The molecule has 104 valence electrons. The molecule has 0 atom stereocenters. The first-order chi connectivity index (χ1) is 8.12. The molecule has 0 N–H and O–H groups in total. The normalized spacial score (nSPS) is 12.0. The molecule has 2 heteroatoms. The minimum atomic E-state index is -1.00. The van der Waals surface area contributed by atoms with Gasteiger partial charge in [-0.1, -0.05) is 90.3 Å². The molecule has 0 bridgehead atoms. The fraction of sp³-hybridized carbons (Fsp3) is 1.00. The smallest absolute Gasteiger partial charge is 0.0639 e. The van der Waals surface area contributed by atoms with Crippen LogP contribution in [0.5, 0.6) is 0 Å². The van der Waals surface area contributed by atoms with Crippen molar-refractivity contribution in [3.8, 4) is 0 Å². The predicted molar refractivity (Wildman–Crippen MR) is 84.9 cm³/mol. The molecule has 0 fully saturated rings. The summed E-state index contributed by atoms with van der Waals surface area (Å²) in [6.45, 7) is 7.10. The first kappa shape index (κ1) is 17.5. The topological polar surface area (TPSA) is 0 Å². The van der Waals surface area contributed by atoms with Gasteiger partial charge in [-0.15, -0.1) is 11.6 Å². The van der Waals surface area contributed by atoms with Crippen LogP contribution in [0, 0.1) is 0 Å². The quantitative estimate of drug-likeness (QED) is 0.220. The molecule has 0 saturated carbocycles. The monoisotopic (exact) mass is 276 g/mol. The second kappa shape index (κ2) is 11.6. The Morgan fingerprint density at radius 1 is 0.706 bits per heavy atom. The van der Waals surface area contributed by atoms with Gasteiger partial charge in [0.25, 0.3) is 0 Å². The van der Waals surface area contributed by atoms with Gasteiger partial charge in [-0.05, 0) is 0 Å². The Morgan fingerprint density at radius 2 is 1.12 bits per heavy atom. The zero-order valence-electron chi connectivity index (χ0n) is 12.4. The third-order valence-electron chi connectivity index (χ3n) is 3.57. The van der Waals surface area contributed by atoms with Crippen LogP contribution in [0.15, 0.2) is 0 Å². The molecule has 0 spiro atoms. The van der Waals surface area contributed by atoms with E-state index < -0.39 is 8.07 Å². The summed E-state index contributed by atoms with van der Waals surface area (Å²) >= 11 is 5.98. The van der Waals surface area contributed by atoms with E-state index in [2.05, 4.69) is 20.0 Å². The molecule has 0 aliphatic carbocycles. The van der Waals surface area contributed by atoms with Crippen molar-refractivity contribution in [2.24, 2.45) is 0 Å². The molecule has 0 aromatic carbocycles. The summed E-state index contributed by atoms with van der Waals surface area (Å²) in [6, 6.07) is 1.42. The Labute approximate surface area is 116 Å². The van der Waals surface area contributed by atoms with Gasteiger partial charge in [0.15, 0.2) is 0 Å². The van der Waals surface area contributed by atoms with E-state index in [1.54, 1.807) is 0 Å². The maximum atomic E-state index is 5.98. The van der Waals surface area contributed by atoms with E-state index in [4.69, 9.17) is 11.6 Å². The number of hydrogen-bond donors (Lipinski definition) is 0. The van der Waals surface area contributed by atoms with E-state index >= 15 is 0 Å². The number of alkyl halides is 1. The first-order valence-electron chi connectivity index (χ1n) is 7.68. The van der Waals surface area contributed by atoms with Gasteiger partial charge in [0.1, 0.15) is 0 Å². The minimum Gasteiger partial charge on any atom is -0.130 e. The lowest BCUT2D eigenvalue weighted by Crippen LogP contribution is -2.27. The molecule has 0 radical (unpaired) electrons. The molecule has 0 aromatic rings. The van der Waals surface area contributed by atoms with E-state index in [1.165, 1.54) is 70.3 Å². The van der Waals surface area contributed by atoms with Crippen LogP contribution >= 0.6 is 11.6 Å². The van der Waals surface area contributed by atoms with Gasteiger partial charge in [0, 0.05) is 5.50 Å². The van der Waals surface area contributed by atoms with E-state index in [1.807, 2.05) is 0 Å². The highest BCUT2D eigenvalue weighted by atomic mass is 35.5. The second-order valence-corrected chi connectivity index (χ2v) is 12.1. The molecule has 0 aliphatic heterocycles. The van der Waals surface area contributed by atoms with Gasteiger partial charge in [0.2, 0.25) is 0 Å². The summed E-state index contributed by atoms with van der Waals surface area (Å²) < 4.78 is 0. The van der Waals surface area contributed by atoms with Crippen molar-refractivity contribution in [3.63, 3.8) is 0 Å². The molecular formula is C15H33ClSi. The van der Waals surface area contributed by atoms with Crippen molar-refractivity contribution in [1.29, 1.82) is 0 Å². The highest BCUT2D eigenvalue weighted by molar-refractivity contribution is 6.83. The molecule has 0 rings (SSSR count). The maximum Gasteiger partial charge on any atom is 0.0639 e. The van der Waals surface area contributed by atoms with Crippen LogP contribution in [0.25, 0.3) is 0 Å². The lowest BCUT2D eigenvalue weighted by Gasteiger charge is -2.18. The van der Waals surface area contributed by atoms with Crippen LogP contribution in [0.4, 0.5) is 0 Å². The molecule has 0 nitrogen and oxygen atoms in total. The van der Waals surface area contributed by atoms with Crippen molar-refractivity contribution in [2.45, 2.75) is 90.3 Å². The average Bonchev–Trinajstić information content (AvgIpc) is 2.31. The van der Waals surface area contributed by atoms with E-state index in [0.29, 0.717) is 0 Å². The third-order valence-corrected chi connectivity index (χ3v) is 8.17. The summed E-state index contributed by atoms with van der Waals surface area (Å²) in [5.41, 5.74) is 0.935. The maximum absolute atomic E-state index is 5.98. The zero-order chi connectivity index (χ0) is 13.0. The zero-order valence-corrected chi connectivity index (χ0v) is 14.1. The fourth-order valence-electron chi connectivity index (χ4n) is 2.16. The Hall–Kier alpha value is 0.507. The van der Waals surface area contributed by atoms with Gasteiger partial charge in [0.05, 0.1) is 8.07 Å². The van der Waals surface area contributed by atoms with Gasteiger partial charge >= 0.3 is 0 Å². The van der Waals surface area contributed by atoms with Crippen molar-refractivity contribution in [1.82, 2.24) is 0 Å². The van der Waals surface area contributed by atoms with E-state index in [9.17, 15) is 0 Å². The number of halogens is 1. The Kier molecular flexibility index (Phi) is 11.9. The lowest BCUT2D eigenvalue weighted by molar-refractivity contribution is 0.561. The van der Waals surface area contributed by atoms with Crippen molar-refractivity contribution in [2.75, 3.05) is 5.50 Å². The first-order valence-corrected chi connectivity index (χ1v) is 11.6. The van der Waals surface area contributed by atoms with Crippen molar-refractivity contribution in [3.05, 3.63) is 0 Å². The van der Waals surface area contributed by atoms with Crippen LogP contribution in [-0.2, 0) is 0 Å². The third kappa shape index (κ3) is 12.7. The SMILES string of the molecule is CCCCCCCCCCCC[Si](C)(C)CCl. The van der Waals surface area contributed by atoms with Crippen LogP contribution in [-0.4, -0.2) is 13.6 Å². The molecule has 0 unspecified atom stereocenters. The van der Waals surface area contributed by atoms with Crippen LogP contribution < -0.4 is 0 Å². The van der Waals surface area contributed by atoms with Crippen molar-refractivity contribution < 1.29 is 0 Å². The second-order valence-electron chi connectivity index (χ2n) is 6.23. The summed E-state index contributed by atoms with van der Waals surface area (Å²) in [4.78, 5) is 0. The standard InChI is InChI=1S/C15H33ClSi/c1-4-5-6-7-8-9-10-11-12-13-14-17(2,3)15-16/h4-15H2,1-3H3. The Morgan fingerprint density at radius 3 is 1.53 bits per heavy atom. The number of unbranched alkanes of at least 4 members (excludes halogenated alkanes) is 9. The van der Waals surface area contributed by atoms with Gasteiger partial charge in [-0.3, -0.25) is 0 Å². The van der Waals surface area contributed by atoms with E-state index in [-0.39, 0.29) is 0 Å². The van der Waals surface area contributed by atoms with Gasteiger partial charge < -0.3 is 0 Å². The minimum absolute atomic E-state index is 0.935. The van der Waals surface area contributed by atoms with Crippen LogP contribution in [0.1, 0.15) is 71.1 Å². The molecule has 0 aliphatic rings. The fourth-order valence-corrected chi connectivity index (χ4v) is 3.90. The van der Waals surface area contributed by atoms with Crippen molar-refractivity contribution >= 4 is 19.7 Å². The predicted octanol–water partition coefficient (Wildman–Crippen LogP) is 6.39. The largest absolute Gasteiger partial charge is 0.130 e. The molecule has 17 heavy (non-hydrogen) atoms. The summed E-state index contributed by atoms with van der Waals surface area (Å²) in [5, 5.41) is 0. The molecule has 0 aromatic heterocycles. The Balaban J connectivity index is 3.09. The Bertz CT molecular complexity index is 157. The number of rotatable bonds is 12.